The summed E-state index contributed by atoms with van der Waals surface area (Å²) in [5.74, 6) is -1.26. The van der Waals surface area contributed by atoms with Crippen molar-refractivity contribution >= 4 is 39.5 Å². The molecule has 0 aromatic carbocycles. The molecule has 0 fully saturated rings. The van der Waals surface area contributed by atoms with Crippen LogP contribution in [0.15, 0.2) is 0 Å². The van der Waals surface area contributed by atoms with Gasteiger partial charge in [0.15, 0.2) is 12.2 Å². The summed E-state index contributed by atoms with van der Waals surface area (Å²) in [5, 5.41) is 10.6. The van der Waals surface area contributed by atoms with E-state index < -0.39 is 97.5 Å². The minimum Gasteiger partial charge on any atom is -0.462 e. The molecule has 100 heavy (non-hydrogen) atoms. The van der Waals surface area contributed by atoms with Gasteiger partial charge in [-0.05, 0) is 31.6 Å². The van der Waals surface area contributed by atoms with Crippen LogP contribution < -0.4 is 0 Å². The van der Waals surface area contributed by atoms with Crippen LogP contribution in [0, 0.1) is 5.92 Å². The summed E-state index contributed by atoms with van der Waals surface area (Å²) in [7, 11) is -9.92. The molecule has 0 saturated carbocycles. The third kappa shape index (κ3) is 73.0. The number of aliphatic hydroxyl groups is 1. The molecular weight excluding hydrogens is 1310 g/mol. The number of carbonyl (C=O) groups excluding carboxylic acids is 4. The molecule has 0 aromatic rings. The first-order valence-electron chi connectivity index (χ1n) is 42.2. The predicted octanol–water partition coefficient (Wildman–Crippen LogP) is 24.4. The summed E-state index contributed by atoms with van der Waals surface area (Å²) in [4.78, 5) is 73.1. The number of phosphoric ester groups is 2. The van der Waals surface area contributed by atoms with Crippen molar-refractivity contribution in [3.05, 3.63) is 0 Å². The minimum atomic E-state index is -4.96. The smallest absolute Gasteiger partial charge is 0.462 e. The minimum absolute atomic E-state index is 0.109. The number of hydrogen-bond donors (Lipinski definition) is 3. The number of hydrogen-bond acceptors (Lipinski definition) is 15. The SMILES string of the molecule is CCCCCCCCCCCCCCCCCC(=O)OC[C@H](COP(=O)(O)OC[C@@H](O)COP(=O)(O)OC[C@@H](COC(=O)CCCCCCCCCCCCCCC)OC(=O)CCCCCCCCCCCCCCCC)OC(=O)CCCCCCCCCCCCCCCCC(C)CC. The molecule has 0 aliphatic rings. The van der Waals surface area contributed by atoms with E-state index in [0.717, 1.165) is 95.8 Å². The van der Waals surface area contributed by atoms with E-state index in [1.807, 2.05) is 0 Å². The van der Waals surface area contributed by atoms with Crippen LogP contribution in [0.2, 0.25) is 0 Å². The van der Waals surface area contributed by atoms with Gasteiger partial charge in [0.05, 0.1) is 26.4 Å². The molecule has 6 atom stereocenters. The zero-order chi connectivity index (χ0) is 73.4. The average molecular weight is 1470 g/mol. The first kappa shape index (κ1) is 98.1. The molecule has 0 radical (unpaired) electrons. The molecule has 0 amide bonds. The van der Waals surface area contributed by atoms with Gasteiger partial charge in [-0.15, -0.1) is 0 Å². The molecule has 594 valence electrons. The molecule has 0 rings (SSSR count). The zero-order valence-corrected chi connectivity index (χ0v) is 67.1. The Morgan fingerprint density at radius 2 is 0.480 bits per heavy atom. The molecule has 17 nitrogen and oxygen atoms in total. The van der Waals surface area contributed by atoms with E-state index in [1.165, 1.54) is 257 Å². The van der Waals surface area contributed by atoms with Gasteiger partial charge in [-0.25, -0.2) is 9.13 Å². The summed E-state index contributed by atoms with van der Waals surface area (Å²) in [6.45, 7) is 7.40. The van der Waals surface area contributed by atoms with E-state index in [4.69, 9.17) is 37.0 Å². The Morgan fingerprint density at radius 1 is 0.280 bits per heavy atom. The van der Waals surface area contributed by atoms with Crippen LogP contribution in [0.4, 0.5) is 0 Å². The third-order valence-electron chi connectivity index (χ3n) is 19.4. The molecule has 0 heterocycles. The van der Waals surface area contributed by atoms with Crippen LogP contribution >= 0.6 is 15.6 Å². The van der Waals surface area contributed by atoms with Crippen LogP contribution in [0.25, 0.3) is 0 Å². The van der Waals surface area contributed by atoms with Gasteiger partial charge in [0.25, 0.3) is 0 Å². The number of rotatable bonds is 81. The van der Waals surface area contributed by atoms with Gasteiger partial charge in [0, 0.05) is 25.7 Å². The quantitative estimate of drug-likeness (QED) is 0.0222. The second-order valence-corrected chi connectivity index (χ2v) is 32.3. The lowest BCUT2D eigenvalue weighted by molar-refractivity contribution is -0.161. The topological polar surface area (TPSA) is 237 Å². The maximum atomic E-state index is 13.1. The number of carbonyl (C=O) groups is 4. The highest BCUT2D eigenvalue weighted by atomic mass is 31.2. The number of phosphoric acid groups is 2. The lowest BCUT2D eigenvalue weighted by Crippen LogP contribution is -2.30. The number of esters is 4. The van der Waals surface area contributed by atoms with Crippen LogP contribution in [-0.2, 0) is 65.4 Å². The standard InChI is InChI=1S/C81H158O17P2/c1-6-10-13-16-19-22-25-28-30-36-40-45-50-55-60-65-79(84)92-71-77(98-81(86)67-62-57-52-47-42-37-32-31-34-38-43-48-53-58-63-74(5)9-4)73-96-100(89,90)94-69-75(82)68-93-99(87,88)95-72-76(70-91-78(83)64-59-54-49-44-39-33-27-24-21-18-15-12-8-3)97-80(85)66-61-56-51-46-41-35-29-26-23-20-17-14-11-7-2/h74-77,82H,6-73H2,1-5H3,(H,87,88)(H,89,90)/t74?,75-,76+,77+/m0/s1. The number of unbranched alkanes of at least 4 members (excludes halogenated alkanes) is 52. The van der Waals surface area contributed by atoms with E-state index in [2.05, 4.69) is 34.6 Å². The largest absolute Gasteiger partial charge is 0.472 e. The molecule has 0 aromatic heterocycles. The van der Waals surface area contributed by atoms with E-state index >= 15 is 0 Å². The van der Waals surface area contributed by atoms with Crippen molar-refractivity contribution in [2.45, 2.75) is 451 Å². The molecule has 3 unspecified atom stereocenters. The summed E-state index contributed by atoms with van der Waals surface area (Å²) in [6.07, 6.45) is 64.9. The Morgan fingerprint density at radius 3 is 0.710 bits per heavy atom. The first-order chi connectivity index (χ1) is 48.6. The lowest BCUT2D eigenvalue weighted by Gasteiger charge is -2.21. The molecule has 0 bridgehead atoms. The molecule has 0 saturated heterocycles. The van der Waals surface area contributed by atoms with E-state index in [-0.39, 0.29) is 25.7 Å². The fourth-order valence-electron chi connectivity index (χ4n) is 12.6. The molecular formula is C81H158O17P2. The Kier molecular flexibility index (Phi) is 72.5. The Bertz CT molecular complexity index is 1910. The van der Waals surface area contributed by atoms with Crippen LogP contribution in [0.1, 0.15) is 433 Å². The summed E-state index contributed by atoms with van der Waals surface area (Å²) in [5.41, 5.74) is 0. The van der Waals surface area contributed by atoms with Gasteiger partial charge in [-0.3, -0.25) is 37.3 Å². The van der Waals surface area contributed by atoms with Crippen molar-refractivity contribution in [2.24, 2.45) is 5.92 Å². The van der Waals surface area contributed by atoms with E-state index in [0.29, 0.717) is 25.7 Å². The highest BCUT2D eigenvalue weighted by Crippen LogP contribution is 2.45. The third-order valence-corrected chi connectivity index (χ3v) is 21.3. The second-order valence-electron chi connectivity index (χ2n) is 29.4. The van der Waals surface area contributed by atoms with Gasteiger partial charge < -0.3 is 33.8 Å². The Hall–Kier alpha value is -1.94. The highest BCUT2D eigenvalue weighted by molar-refractivity contribution is 7.47. The van der Waals surface area contributed by atoms with Crippen molar-refractivity contribution < 1.29 is 80.2 Å². The summed E-state index contributed by atoms with van der Waals surface area (Å²) in [6, 6.07) is 0. The fourth-order valence-corrected chi connectivity index (χ4v) is 14.1. The zero-order valence-electron chi connectivity index (χ0n) is 65.3. The summed E-state index contributed by atoms with van der Waals surface area (Å²) < 4.78 is 68.8. The van der Waals surface area contributed by atoms with E-state index in [1.54, 1.807) is 0 Å². The van der Waals surface area contributed by atoms with Crippen molar-refractivity contribution in [1.29, 1.82) is 0 Å². The van der Waals surface area contributed by atoms with Gasteiger partial charge in [0.1, 0.15) is 19.3 Å². The normalized spacial score (nSPS) is 14.1. The van der Waals surface area contributed by atoms with Crippen LogP contribution in [-0.4, -0.2) is 96.7 Å². The first-order valence-corrected chi connectivity index (χ1v) is 45.2. The average Bonchev–Trinajstić information content (AvgIpc) is 1.24. The predicted molar refractivity (Wildman–Crippen MR) is 409 cm³/mol. The monoisotopic (exact) mass is 1470 g/mol. The number of aliphatic hydroxyl groups excluding tert-OH is 1. The molecule has 0 aliphatic carbocycles. The van der Waals surface area contributed by atoms with Gasteiger partial charge >= 0.3 is 39.5 Å². The Labute approximate surface area is 613 Å². The van der Waals surface area contributed by atoms with Crippen molar-refractivity contribution in [1.82, 2.24) is 0 Å². The summed E-state index contributed by atoms with van der Waals surface area (Å²) >= 11 is 0. The Balaban J connectivity index is 5.27. The highest BCUT2D eigenvalue weighted by Gasteiger charge is 2.30. The van der Waals surface area contributed by atoms with Gasteiger partial charge in [-0.2, -0.15) is 0 Å². The fraction of sp³-hybridized carbons (Fsp3) is 0.951. The van der Waals surface area contributed by atoms with Crippen molar-refractivity contribution in [3.8, 4) is 0 Å². The van der Waals surface area contributed by atoms with E-state index in [9.17, 15) is 43.2 Å². The van der Waals surface area contributed by atoms with Crippen LogP contribution in [0.5, 0.6) is 0 Å². The molecule has 0 aliphatic heterocycles. The lowest BCUT2D eigenvalue weighted by atomic mass is 9.99. The van der Waals surface area contributed by atoms with Crippen molar-refractivity contribution in [2.75, 3.05) is 39.6 Å². The van der Waals surface area contributed by atoms with Crippen molar-refractivity contribution in [3.63, 3.8) is 0 Å². The molecule has 19 heteroatoms. The number of ether oxygens (including phenoxy) is 4. The van der Waals surface area contributed by atoms with Gasteiger partial charge in [0.2, 0.25) is 0 Å². The van der Waals surface area contributed by atoms with Gasteiger partial charge in [-0.1, -0.05) is 381 Å². The molecule has 3 N–H and O–H groups in total. The molecule has 0 spiro atoms. The second kappa shape index (κ2) is 73.9. The maximum absolute atomic E-state index is 13.1. The van der Waals surface area contributed by atoms with Crippen LogP contribution in [0.3, 0.4) is 0 Å². The maximum Gasteiger partial charge on any atom is 0.472 e.